The number of likely N-dealkylation sites (N-methyl/N-ethyl adjacent to an activating group) is 1. The molecular formula is C27H30N6O3. The van der Waals surface area contributed by atoms with Gasteiger partial charge in [-0.15, -0.1) is 0 Å². The highest BCUT2D eigenvalue weighted by Crippen LogP contribution is 2.33. The fourth-order valence-corrected chi connectivity index (χ4v) is 4.61. The second kappa shape index (κ2) is 10.6. The molecule has 1 unspecified atom stereocenters. The summed E-state index contributed by atoms with van der Waals surface area (Å²) in [7, 11) is 1.63. The molecule has 0 aliphatic carbocycles. The van der Waals surface area contributed by atoms with Crippen LogP contribution in [0.5, 0.6) is 0 Å². The molecule has 1 aliphatic rings. The third-order valence-corrected chi connectivity index (χ3v) is 6.46. The van der Waals surface area contributed by atoms with E-state index in [-0.39, 0.29) is 18.4 Å². The molecular weight excluding hydrogens is 456 g/mol. The number of aryl methyl sites for hydroxylation is 1. The lowest BCUT2D eigenvalue weighted by molar-refractivity contribution is -0.156. The molecule has 36 heavy (non-hydrogen) atoms. The number of imide groups is 1. The van der Waals surface area contributed by atoms with Gasteiger partial charge < -0.3 is 16.0 Å². The average molecular weight is 487 g/mol. The van der Waals surface area contributed by atoms with E-state index in [1.165, 1.54) is 4.90 Å². The molecule has 9 heteroatoms. The topological polar surface area (TPSA) is 122 Å². The van der Waals surface area contributed by atoms with Crippen molar-refractivity contribution < 1.29 is 14.4 Å². The Morgan fingerprint density at radius 1 is 1.14 bits per heavy atom. The van der Waals surface area contributed by atoms with Crippen LogP contribution in [0.25, 0.3) is 0 Å². The Hall–Kier alpha value is -4.27. The zero-order valence-corrected chi connectivity index (χ0v) is 20.6. The number of likely N-dealkylation sites (tertiary alicyclic amines) is 1. The number of β-lactam (4-membered cyclic amide) rings is 1. The van der Waals surface area contributed by atoms with E-state index in [1.807, 2.05) is 50.2 Å². The zero-order chi connectivity index (χ0) is 25.8. The Bertz CT molecular complexity index is 1230. The van der Waals surface area contributed by atoms with Crippen LogP contribution < -0.4 is 16.0 Å². The third kappa shape index (κ3) is 5.05. The Morgan fingerprint density at radius 2 is 1.83 bits per heavy atom. The van der Waals surface area contributed by atoms with Crippen LogP contribution in [0.4, 0.5) is 16.3 Å². The van der Waals surface area contributed by atoms with Gasteiger partial charge in [0.15, 0.2) is 0 Å². The number of hydrogen-bond acceptors (Lipinski definition) is 6. The maximum Gasteiger partial charge on any atom is 0.325 e. The van der Waals surface area contributed by atoms with E-state index in [9.17, 15) is 14.4 Å². The summed E-state index contributed by atoms with van der Waals surface area (Å²) in [6, 6.07) is 14.6. The maximum absolute atomic E-state index is 13.6. The molecule has 1 aromatic carbocycles. The van der Waals surface area contributed by atoms with Gasteiger partial charge in [-0.05, 0) is 55.2 Å². The van der Waals surface area contributed by atoms with E-state index in [1.54, 1.807) is 37.6 Å². The first kappa shape index (κ1) is 24.8. The predicted molar refractivity (Wildman–Crippen MR) is 137 cm³/mol. The third-order valence-electron chi connectivity index (χ3n) is 6.46. The quantitative estimate of drug-likeness (QED) is 0.495. The molecule has 3 N–H and O–H groups in total. The number of amides is 4. The SMILES string of the molecule is CCC(NC(=O)N1C(=O)[C@H](Cc2cc(C)nc(N)c2)[C@H]1C(=O)N(C)c1ccncc1)c1ccccc1. The number of benzene rings is 1. The molecule has 4 amide bonds. The summed E-state index contributed by atoms with van der Waals surface area (Å²) in [5.74, 6) is -1.11. The second-order valence-corrected chi connectivity index (χ2v) is 8.93. The number of rotatable bonds is 7. The predicted octanol–water partition coefficient (Wildman–Crippen LogP) is 3.26. The minimum atomic E-state index is -0.960. The van der Waals surface area contributed by atoms with Crippen molar-refractivity contribution in [3.63, 3.8) is 0 Å². The van der Waals surface area contributed by atoms with E-state index in [0.29, 0.717) is 17.9 Å². The molecule has 1 saturated heterocycles. The number of carbonyl (C=O) groups is 3. The number of nitrogens with two attached hydrogens (primary N) is 1. The fourth-order valence-electron chi connectivity index (χ4n) is 4.61. The highest BCUT2D eigenvalue weighted by molar-refractivity contribution is 6.12. The summed E-state index contributed by atoms with van der Waals surface area (Å²) in [6.07, 6.45) is 4.07. The number of nitrogens with one attached hydrogen (secondary N) is 1. The Morgan fingerprint density at radius 3 is 2.47 bits per heavy atom. The summed E-state index contributed by atoms with van der Waals surface area (Å²) in [6.45, 7) is 3.77. The maximum atomic E-state index is 13.6. The summed E-state index contributed by atoms with van der Waals surface area (Å²) in [4.78, 5) is 51.0. The van der Waals surface area contributed by atoms with Gasteiger partial charge >= 0.3 is 6.03 Å². The van der Waals surface area contributed by atoms with Crippen molar-refractivity contribution in [1.29, 1.82) is 0 Å². The van der Waals surface area contributed by atoms with E-state index >= 15 is 0 Å². The molecule has 0 bridgehead atoms. The number of carbonyl (C=O) groups excluding carboxylic acids is 3. The van der Waals surface area contributed by atoms with E-state index < -0.39 is 23.9 Å². The number of hydrogen-bond donors (Lipinski definition) is 2. The zero-order valence-electron chi connectivity index (χ0n) is 20.6. The smallest absolute Gasteiger partial charge is 0.325 e. The van der Waals surface area contributed by atoms with Gasteiger partial charge in [-0.2, -0.15) is 0 Å². The minimum Gasteiger partial charge on any atom is -0.384 e. The molecule has 0 radical (unpaired) electrons. The van der Waals surface area contributed by atoms with Gasteiger partial charge in [0.2, 0.25) is 5.91 Å². The Kier molecular flexibility index (Phi) is 7.28. The van der Waals surface area contributed by atoms with Crippen molar-refractivity contribution in [2.24, 2.45) is 5.92 Å². The van der Waals surface area contributed by atoms with Gasteiger partial charge in [-0.25, -0.2) is 9.78 Å². The summed E-state index contributed by atoms with van der Waals surface area (Å²) in [5, 5.41) is 2.94. The number of nitrogens with zero attached hydrogens (tertiary/aromatic N) is 4. The first-order chi connectivity index (χ1) is 17.3. The van der Waals surface area contributed by atoms with Crippen LogP contribution in [-0.4, -0.2) is 45.8 Å². The molecule has 4 rings (SSSR count). The molecule has 1 aliphatic heterocycles. The van der Waals surface area contributed by atoms with Crippen molar-refractivity contribution in [2.75, 3.05) is 17.7 Å². The molecule has 1 fully saturated rings. The Balaban J connectivity index is 1.61. The van der Waals surface area contributed by atoms with Gasteiger partial charge in [0.25, 0.3) is 5.91 Å². The summed E-state index contributed by atoms with van der Waals surface area (Å²) < 4.78 is 0. The van der Waals surface area contributed by atoms with Crippen LogP contribution >= 0.6 is 0 Å². The molecule has 3 aromatic rings. The minimum absolute atomic E-state index is 0.270. The highest BCUT2D eigenvalue weighted by Gasteiger charge is 2.55. The number of anilines is 2. The lowest BCUT2D eigenvalue weighted by atomic mass is 9.81. The van der Waals surface area contributed by atoms with E-state index in [2.05, 4.69) is 15.3 Å². The highest BCUT2D eigenvalue weighted by atomic mass is 16.2. The first-order valence-electron chi connectivity index (χ1n) is 11.9. The van der Waals surface area contributed by atoms with Gasteiger partial charge in [0.05, 0.1) is 12.0 Å². The van der Waals surface area contributed by atoms with E-state index in [4.69, 9.17) is 5.73 Å². The summed E-state index contributed by atoms with van der Waals surface area (Å²) in [5.41, 5.74) is 8.95. The fraction of sp³-hybridized carbons (Fsp3) is 0.296. The molecule has 9 nitrogen and oxygen atoms in total. The van der Waals surface area contributed by atoms with Crippen LogP contribution in [0, 0.1) is 12.8 Å². The van der Waals surface area contributed by atoms with Crippen molar-refractivity contribution in [2.45, 2.75) is 38.8 Å². The molecule has 3 atom stereocenters. The average Bonchev–Trinajstić information content (AvgIpc) is 2.88. The molecule has 0 spiro atoms. The van der Waals surface area contributed by atoms with Crippen LogP contribution in [-0.2, 0) is 16.0 Å². The van der Waals surface area contributed by atoms with E-state index in [0.717, 1.165) is 21.7 Å². The van der Waals surface area contributed by atoms with Gasteiger partial charge in [0.1, 0.15) is 11.9 Å². The molecule has 186 valence electrons. The van der Waals surface area contributed by atoms with Gasteiger partial charge in [0, 0.05) is 30.8 Å². The van der Waals surface area contributed by atoms with Gasteiger partial charge in [-0.1, -0.05) is 37.3 Å². The van der Waals surface area contributed by atoms with Crippen LogP contribution in [0.2, 0.25) is 0 Å². The monoisotopic (exact) mass is 486 g/mol. The first-order valence-corrected chi connectivity index (χ1v) is 11.9. The number of nitrogen functional groups attached to an aromatic ring is 1. The second-order valence-electron chi connectivity index (χ2n) is 8.93. The number of aromatic nitrogens is 2. The molecule has 0 saturated carbocycles. The normalized spacial score (nSPS) is 17.8. The lowest BCUT2D eigenvalue weighted by Crippen LogP contribution is -2.70. The standard InChI is InChI=1S/C27H30N6O3/c1-4-22(19-8-6-5-7-9-19)31-27(36)33-24(26(35)32(3)20-10-12-29-13-11-20)21(25(33)34)15-18-14-17(2)30-23(28)16-18/h5-14,16,21-22,24H,4,15H2,1-3H3,(H2,28,30)(H,31,36)/t21-,22?,24+/m1/s1. The number of pyridine rings is 2. The largest absolute Gasteiger partial charge is 0.384 e. The molecule has 3 heterocycles. The Labute approximate surface area is 210 Å². The van der Waals surface area contributed by atoms with Crippen molar-refractivity contribution in [1.82, 2.24) is 20.2 Å². The lowest BCUT2D eigenvalue weighted by Gasteiger charge is -2.46. The van der Waals surface area contributed by atoms with Crippen LogP contribution in [0.1, 0.15) is 36.2 Å². The van der Waals surface area contributed by atoms with Crippen LogP contribution in [0.3, 0.4) is 0 Å². The van der Waals surface area contributed by atoms with Crippen molar-refractivity contribution in [3.05, 3.63) is 83.8 Å². The van der Waals surface area contributed by atoms with Crippen molar-refractivity contribution >= 4 is 29.4 Å². The van der Waals surface area contributed by atoms with Gasteiger partial charge in [-0.3, -0.25) is 19.5 Å². The summed E-state index contributed by atoms with van der Waals surface area (Å²) >= 11 is 0. The number of urea groups is 1. The van der Waals surface area contributed by atoms with Crippen LogP contribution in [0.15, 0.2) is 67.0 Å². The molecule has 2 aromatic heterocycles. The van der Waals surface area contributed by atoms with Crippen molar-refractivity contribution in [3.8, 4) is 0 Å².